The van der Waals surface area contributed by atoms with E-state index in [2.05, 4.69) is 12.1 Å². The minimum atomic E-state index is 0.117. The standard InChI is InChI=1S/C10H13NO/c11-9-6-7-12-10(9)8-4-2-1-3-5-8/h1-5,9-10H,6-7,11H2/t9-,10-/m1/s1. The number of rotatable bonds is 1. The Morgan fingerprint density at radius 3 is 2.58 bits per heavy atom. The summed E-state index contributed by atoms with van der Waals surface area (Å²) in [4.78, 5) is 0. The molecule has 1 saturated heterocycles. The van der Waals surface area contributed by atoms with Gasteiger partial charge in [0, 0.05) is 12.6 Å². The molecule has 0 radical (unpaired) electrons. The average molecular weight is 163 g/mol. The summed E-state index contributed by atoms with van der Waals surface area (Å²) in [5.41, 5.74) is 7.08. The van der Waals surface area contributed by atoms with Gasteiger partial charge < -0.3 is 10.5 Å². The summed E-state index contributed by atoms with van der Waals surface area (Å²) < 4.78 is 5.53. The molecule has 1 aromatic carbocycles. The monoisotopic (exact) mass is 163 g/mol. The molecule has 1 fully saturated rings. The van der Waals surface area contributed by atoms with Gasteiger partial charge in [-0.1, -0.05) is 30.3 Å². The van der Waals surface area contributed by atoms with Gasteiger partial charge in [0.05, 0.1) is 6.10 Å². The van der Waals surface area contributed by atoms with Crippen molar-refractivity contribution in [2.45, 2.75) is 18.6 Å². The Bertz CT molecular complexity index is 247. The fraction of sp³-hybridized carbons (Fsp3) is 0.400. The first-order valence-corrected chi connectivity index (χ1v) is 4.30. The molecule has 0 unspecified atom stereocenters. The molecule has 0 saturated carbocycles. The number of benzene rings is 1. The quantitative estimate of drug-likeness (QED) is 0.680. The van der Waals surface area contributed by atoms with E-state index in [-0.39, 0.29) is 12.1 Å². The molecule has 0 spiro atoms. The third-order valence-electron chi connectivity index (χ3n) is 2.27. The summed E-state index contributed by atoms with van der Waals surface area (Å²) in [6.45, 7) is 0.792. The van der Waals surface area contributed by atoms with Crippen molar-refractivity contribution in [3.05, 3.63) is 35.9 Å². The van der Waals surface area contributed by atoms with Crippen LogP contribution in [0.4, 0.5) is 0 Å². The van der Waals surface area contributed by atoms with Crippen molar-refractivity contribution < 1.29 is 4.74 Å². The molecule has 1 aliphatic heterocycles. The largest absolute Gasteiger partial charge is 0.372 e. The molecule has 1 aromatic rings. The molecule has 2 nitrogen and oxygen atoms in total. The Labute approximate surface area is 72.3 Å². The smallest absolute Gasteiger partial charge is 0.0976 e. The zero-order chi connectivity index (χ0) is 8.39. The van der Waals surface area contributed by atoms with Gasteiger partial charge in [-0.2, -0.15) is 0 Å². The van der Waals surface area contributed by atoms with Gasteiger partial charge in [-0.3, -0.25) is 0 Å². The molecule has 2 heteroatoms. The molecule has 2 N–H and O–H groups in total. The van der Waals surface area contributed by atoms with Crippen molar-refractivity contribution >= 4 is 0 Å². The van der Waals surface area contributed by atoms with Gasteiger partial charge in [0.15, 0.2) is 0 Å². The second-order valence-corrected chi connectivity index (χ2v) is 3.15. The van der Waals surface area contributed by atoms with Crippen LogP contribution in [0.5, 0.6) is 0 Å². The van der Waals surface area contributed by atoms with Crippen LogP contribution < -0.4 is 5.73 Å². The molecule has 12 heavy (non-hydrogen) atoms. The maximum absolute atomic E-state index is 5.89. The first-order chi connectivity index (χ1) is 5.88. The van der Waals surface area contributed by atoms with E-state index in [1.165, 1.54) is 5.56 Å². The first-order valence-electron chi connectivity index (χ1n) is 4.30. The zero-order valence-electron chi connectivity index (χ0n) is 6.94. The van der Waals surface area contributed by atoms with Crippen molar-refractivity contribution in [3.63, 3.8) is 0 Å². The van der Waals surface area contributed by atoms with E-state index in [0.717, 1.165) is 13.0 Å². The Hall–Kier alpha value is -0.860. The minimum Gasteiger partial charge on any atom is -0.372 e. The number of hydrogen-bond acceptors (Lipinski definition) is 2. The van der Waals surface area contributed by atoms with Crippen LogP contribution in [0.15, 0.2) is 30.3 Å². The van der Waals surface area contributed by atoms with Crippen molar-refractivity contribution in [3.8, 4) is 0 Å². The normalized spacial score (nSPS) is 29.1. The highest BCUT2D eigenvalue weighted by molar-refractivity contribution is 5.19. The fourth-order valence-electron chi connectivity index (χ4n) is 1.59. The second-order valence-electron chi connectivity index (χ2n) is 3.15. The zero-order valence-corrected chi connectivity index (χ0v) is 6.94. The average Bonchev–Trinajstić information content (AvgIpc) is 2.53. The van der Waals surface area contributed by atoms with E-state index >= 15 is 0 Å². The van der Waals surface area contributed by atoms with Gasteiger partial charge >= 0.3 is 0 Å². The molecule has 2 atom stereocenters. The van der Waals surface area contributed by atoms with Crippen LogP contribution in [-0.2, 0) is 4.74 Å². The summed E-state index contributed by atoms with van der Waals surface area (Å²) in [6, 6.07) is 10.3. The minimum absolute atomic E-state index is 0.117. The molecular weight excluding hydrogens is 150 g/mol. The number of nitrogens with two attached hydrogens (primary N) is 1. The van der Waals surface area contributed by atoms with Crippen LogP contribution in [0.3, 0.4) is 0 Å². The summed E-state index contributed by atoms with van der Waals surface area (Å²) in [5, 5.41) is 0. The van der Waals surface area contributed by atoms with E-state index in [9.17, 15) is 0 Å². The molecule has 2 rings (SSSR count). The molecule has 0 aromatic heterocycles. The lowest BCUT2D eigenvalue weighted by molar-refractivity contribution is 0.105. The van der Waals surface area contributed by atoms with Crippen LogP contribution in [0.2, 0.25) is 0 Å². The first kappa shape index (κ1) is 7.77. The fourth-order valence-corrected chi connectivity index (χ4v) is 1.59. The Morgan fingerprint density at radius 2 is 2.00 bits per heavy atom. The maximum atomic E-state index is 5.89. The summed E-state index contributed by atoms with van der Waals surface area (Å²) in [5.74, 6) is 0. The van der Waals surface area contributed by atoms with Gasteiger partial charge in [-0.15, -0.1) is 0 Å². The second kappa shape index (κ2) is 3.25. The molecule has 1 heterocycles. The van der Waals surface area contributed by atoms with Gasteiger partial charge in [0.1, 0.15) is 0 Å². The highest BCUT2D eigenvalue weighted by Gasteiger charge is 2.25. The summed E-state index contributed by atoms with van der Waals surface area (Å²) in [6.07, 6.45) is 1.09. The van der Waals surface area contributed by atoms with Crippen LogP contribution in [0.25, 0.3) is 0 Å². The lowest BCUT2D eigenvalue weighted by Gasteiger charge is -2.14. The van der Waals surface area contributed by atoms with Crippen LogP contribution in [0.1, 0.15) is 18.1 Å². The lowest BCUT2D eigenvalue weighted by atomic mass is 10.0. The van der Waals surface area contributed by atoms with Crippen molar-refractivity contribution in [2.75, 3.05) is 6.61 Å². The Kier molecular flexibility index (Phi) is 2.11. The highest BCUT2D eigenvalue weighted by Crippen LogP contribution is 2.26. The SMILES string of the molecule is N[C@@H]1CCO[C@@H]1c1ccccc1. The third kappa shape index (κ3) is 1.36. The van der Waals surface area contributed by atoms with Gasteiger partial charge in [-0.25, -0.2) is 0 Å². The van der Waals surface area contributed by atoms with Crippen LogP contribution >= 0.6 is 0 Å². The van der Waals surface area contributed by atoms with Gasteiger partial charge in [-0.05, 0) is 12.0 Å². The topological polar surface area (TPSA) is 35.2 Å². The van der Waals surface area contributed by atoms with Gasteiger partial charge in [0.25, 0.3) is 0 Å². The van der Waals surface area contributed by atoms with Crippen molar-refractivity contribution in [2.24, 2.45) is 5.73 Å². The van der Waals surface area contributed by atoms with Gasteiger partial charge in [0.2, 0.25) is 0 Å². The van der Waals surface area contributed by atoms with E-state index in [1.54, 1.807) is 0 Å². The summed E-state index contributed by atoms with van der Waals surface area (Å²) >= 11 is 0. The molecule has 64 valence electrons. The molecule has 0 aliphatic carbocycles. The van der Waals surface area contributed by atoms with E-state index < -0.39 is 0 Å². The van der Waals surface area contributed by atoms with E-state index in [0.29, 0.717) is 0 Å². The van der Waals surface area contributed by atoms with Crippen molar-refractivity contribution in [1.29, 1.82) is 0 Å². The van der Waals surface area contributed by atoms with E-state index in [4.69, 9.17) is 10.5 Å². The predicted octanol–water partition coefficient (Wildman–Crippen LogP) is 1.48. The maximum Gasteiger partial charge on any atom is 0.0976 e. The summed E-state index contributed by atoms with van der Waals surface area (Å²) in [7, 11) is 0. The third-order valence-corrected chi connectivity index (χ3v) is 2.27. The highest BCUT2D eigenvalue weighted by atomic mass is 16.5. The predicted molar refractivity (Wildman–Crippen MR) is 47.7 cm³/mol. The lowest BCUT2D eigenvalue weighted by Crippen LogP contribution is -2.23. The van der Waals surface area contributed by atoms with Crippen LogP contribution in [-0.4, -0.2) is 12.6 Å². The number of hydrogen-bond donors (Lipinski definition) is 1. The van der Waals surface area contributed by atoms with Crippen molar-refractivity contribution in [1.82, 2.24) is 0 Å². The Morgan fingerprint density at radius 1 is 1.25 bits per heavy atom. The molecule has 0 bridgehead atoms. The van der Waals surface area contributed by atoms with E-state index in [1.807, 2.05) is 18.2 Å². The number of ether oxygens (including phenoxy) is 1. The molecular formula is C10H13NO. The molecule has 0 amide bonds. The molecule has 1 aliphatic rings. The van der Waals surface area contributed by atoms with Crippen LogP contribution in [0, 0.1) is 0 Å². The Balaban J connectivity index is 2.19.